The van der Waals surface area contributed by atoms with Crippen LogP contribution in [-0.4, -0.2) is 18.0 Å². The Hall–Kier alpha value is -3.15. The van der Waals surface area contributed by atoms with E-state index in [2.05, 4.69) is 10.3 Å². The molecule has 134 valence electrons. The molecule has 0 fully saturated rings. The number of hydrogen-bond acceptors (Lipinski definition) is 3. The van der Waals surface area contributed by atoms with Crippen LogP contribution in [0, 0.1) is 5.82 Å². The average Bonchev–Trinajstić information content (AvgIpc) is 2.65. The zero-order chi connectivity index (χ0) is 18.5. The van der Waals surface area contributed by atoms with Gasteiger partial charge in [0.25, 0.3) is 5.56 Å². The van der Waals surface area contributed by atoms with Crippen molar-refractivity contribution in [2.75, 3.05) is 7.11 Å². The predicted molar refractivity (Wildman–Crippen MR) is 97.7 cm³/mol. The highest BCUT2D eigenvalue weighted by Crippen LogP contribution is 2.19. The fourth-order valence-corrected chi connectivity index (χ4v) is 2.68. The minimum Gasteiger partial charge on any atom is -0.497 e. The summed E-state index contributed by atoms with van der Waals surface area (Å²) in [5.74, 6) is 0.222. The number of aromatic amines is 1. The Morgan fingerprint density at radius 3 is 2.65 bits per heavy atom. The molecule has 0 saturated heterocycles. The lowest BCUT2D eigenvalue weighted by Gasteiger charge is -2.07. The molecule has 0 bridgehead atoms. The van der Waals surface area contributed by atoms with Crippen molar-refractivity contribution in [1.29, 1.82) is 0 Å². The molecule has 1 aromatic heterocycles. The molecule has 0 spiro atoms. The van der Waals surface area contributed by atoms with Gasteiger partial charge >= 0.3 is 0 Å². The van der Waals surface area contributed by atoms with Gasteiger partial charge in [-0.25, -0.2) is 4.39 Å². The summed E-state index contributed by atoms with van der Waals surface area (Å²) in [5.41, 5.74) is 1.88. The highest BCUT2D eigenvalue weighted by atomic mass is 19.1. The van der Waals surface area contributed by atoms with E-state index in [0.717, 1.165) is 16.5 Å². The number of benzene rings is 2. The minimum atomic E-state index is -0.313. The normalized spacial score (nSPS) is 10.7. The number of fused-ring (bicyclic) bond motifs is 1. The number of methoxy groups -OCH3 is 1. The van der Waals surface area contributed by atoms with Crippen LogP contribution in [-0.2, 0) is 17.8 Å². The maximum Gasteiger partial charge on any atom is 0.251 e. The van der Waals surface area contributed by atoms with Crippen molar-refractivity contribution >= 4 is 16.8 Å². The van der Waals surface area contributed by atoms with Crippen LogP contribution in [0.15, 0.2) is 53.3 Å². The number of nitrogens with one attached hydrogen (secondary N) is 2. The first-order chi connectivity index (χ1) is 12.5. The quantitative estimate of drug-likeness (QED) is 0.715. The molecular weight excluding hydrogens is 335 g/mol. The predicted octanol–water partition coefficient (Wildman–Crippen LogP) is 2.92. The highest BCUT2D eigenvalue weighted by molar-refractivity contribution is 5.81. The van der Waals surface area contributed by atoms with E-state index in [1.807, 2.05) is 6.07 Å². The molecule has 0 aliphatic heterocycles. The van der Waals surface area contributed by atoms with Crippen molar-refractivity contribution in [2.45, 2.75) is 19.4 Å². The van der Waals surface area contributed by atoms with Gasteiger partial charge in [0.05, 0.1) is 7.11 Å². The van der Waals surface area contributed by atoms with Crippen LogP contribution < -0.4 is 15.6 Å². The summed E-state index contributed by atoms with van der Waals surface area (Å²) in [4.78, 5) is 27.0. The molecule has 3 aromatic rings. The number of ether oxygens (including phenoxy) is 1. The van der Waals surface area contributed by atoms with Crippen molar-refractivity contribution in [1.82, 2.24) is 10.3 Å². The van der Waals surface area contributed by atoms with E-state index in [-0.39, 0.29) is 23.7 Å². The van der Waals surface area contributed by atoms with Crippen LogP contribution in [0.3, 0.4) is 0 Å². The Morgan fingerprint density at radius 2 is 1.92 bits per heavy atom. The smallest absolute Gasteiger partial charge is 0.251 e. The Balaban J connectivity index is 1.63. The molecule has 0 unspecified atom stereocenters. The van der Waals surface area contributed by atoms with Gasteiger partial charge in [0.1, 0.15) is 11.6 Å². The summed E-state index contributed by atoms with van der Waals surface area (Å²) in [5, 5.41) is 3.62. The second kappa shape index (κ2) is 7.82. The number of rotatable bonds is 6. The topological polar surface area (TPSA) is 71.2 Å². The summed E-state index contributed by atoms with van der Waals surface area (Å²) in [6.45, 7) is 0.324. The number of carbonyl (C=O) groups is 1. The van der Waals surface area contributed by atoms with Crippen LogP contribution in [0.1, 0.15) is 17.5 Å². The van der Waals surface area contributed by atoms with Gasteiger partial charge in [-0.2, -0.15) is 0 Å². The Bertz CT molecular complexity index is 981. The summed E-state index contributed by atoms with van der Waals surface area (Å²) in [6, 6.07) is 13.1. The van der Waals surface area contributed by atoms with Crippen LogP contribution in [0.25, 0.3) is 10.9 Å². The summed E-state index contributed by atoms with van der Waals surface area (Å²) in [6.07, 6.45) is 0.525. The first kappa shape index (κ1) is 17.7. The lowest BCUT2D eigenvalue weighted by Crippen LogP contribution is -2.24. The molecule has 0 atom stereocenters. The largest absolute Gasteiger partial charge is 0.497 e. The average molecular weight is 354 g/mol. The molecular formula is C20H19FN2O3. The van der Waals surface area contributed by atoms with Gasteiger partial charge in [0.2, 0.25) is 5.91 Å². The number of pyridine rings is 1. The number of carbonyl (C=O) groups excluding carboxylic acids is 1. The van der Waals surface area contributed by atoms with Crippen LogP contribution in [0.2, 0.25) is 0 Å². The standard InChI is InChI=1S/C20H19FN2O3/c1-26-17-7-8-18-15(11-17)10-14(20(25)23-18)4-9-19(24)22-12-13-2-5-16(21)6-3-13/h2-3,5-8,10-11H,4,9,12H2,1H3,(H,22,24)(H,23,25). The fraction of sp³-hybridized carbons (Fsp3) is 0.200. The zero-order valence-corrected chi connectivity index (χ0v) is 14.3. The molecule has 0 radical (unpaired) electrons. The van der Waals surface area contributed by atoms with E-state index in [9.17, 15) is 14.0 Å². The molecule has 26 heavy (non-hydrogen) atoms. The van der Waals surface area contributed by atoms with Gasteiger partial charge in [-0.1, -0.05) is 12.1 Å². The summed E-state index contributed by atoms with van der Waals surface area (Å²) >= 11 is 0. The van der Waals surface area contributed by atoms with Gasteiger partial charge in [0.15, 0.2) is 0 Å². The van der Waals surface area contributed by atoms with Crippen LogP contribution >= 0.6 is 0 Å². The van der Waals surface area contributed by atoms with Crippen molar-refractivity contribution < 1.29 is 13.9 Å². The van der Waals surface area contributed by atoms with Crippen molar-refractivity contribution in [3.05, 3.63) is 75.8 Å². The number of amides is 1. The molecule has 0 saturated carbocycles. The SMILES string of the molecule is COc1ccc2[nH]c(=O)c(CCC(=O)NCc3ccc(F)cc3)cc2c1. The Labute approximate surface area is 149 Å². The lowest BCUT2D eigenvalue weighted by atomic mass is 10.1. The first-order valence-corrected chi connectivity index (χ1v) is 8.26. The molecule has 5 nitrogen and oxygen atoms in total. The van der Waals surface area contributed by atoms with E-state index in [1.165, 1.54) is 12.1 Å². The highest BCUT2D eigenvalue weighted by Gasteiger charge is 2.08. The maximum atomic E-state index is 12.9. The number of aromatic nitrogens is 1. The second-order valence-electron chi connectivity index (χ2n) is 5.98. The first-order valence-electron chi connectivity index (χ1n) is 8.26. The van der Waals surface area contributed by atoms with Crippen molar-refractivity contribution in [2.24, 2.45) is 0 Å². The number of hydrogen-bond donors (Lipinski definition) is 2. The molecule has 0 aliphatic rings. The fourth-order valence-electron chi connectivity index (χ4n) is 2.68. The second-order valence-corrected chi connectivity index (χ2v) is 5.98. The number of aryl methyl sites for hydroxylation is 1. The van der Waals surface area contributed by atoms with Crippen LogP contribution in [0.5, 0.6) is 5.75 Å². The zero-order valence-electron chi connectivity index (χ0n) is 14.3. The Kier molecular flexibility index (Phi) is 5.31. The molecule has 1 amide bonds. The summed E-state index contributed by atoms with van der Waals surface area (Å²) in [7, 11) is 1.58. The van der Waals surface area contributed by atoms with Gasteiger partial charge in [-0.05, 0) is 48.4 Å². The van der Waals surface area contributed by atoms with Crippen LogP contribution in [0.4, 0.5) is 4.39 Å². The van der Waals surface area contributed by atoms with Crippen molar-refractivity contribution in [3.63, 3.8) is 0 Å². The summed E-state index contributed by atoms with van der Waals surface area (Å²) < 4.78 is 18.1. The lowest BCUT2D eigenvalue weighted by molar-refractivity contribution is -0.121. The van der Waals surface area contributed by atoms with E-state index < -0.39 is 0 Å². The van der Waals surface area contributed by atoms with Gasteiger partial charge < -0.3 is 15.0 Å². The van der Waals surface area contributed by atoms with E-state index in [4.69, 9.17) is 4.74 Å². The molecule has 2 N–H and O–H groups in total. The monoisotopic (exact) mass is 354 g/mol. The molecule has 3 rings (SSSR count). The third-order valence-corrected chi connectivity index (χ3v) is 4.15. The third-order valence-electron chi connectivity index (χ3n) is 4.15. The van der Waals surface area contributed by atoms with E-state index in [1.54, 1.807) is 37.4 Å². The molecule has 0 aliphatic carbocycles. The molecule has 2 aromatic carbocycles. The van der Waals surface area contributed by atoms with Gasteiger partial charge in [-0.15, -0.1) is 0 Å². The number of H-pyrrole nitrogens is 1. The molecule has 6 heteroatoms. The maximum absolute atomic E-state index is 12.9. The number of halogens is 1. The third kappa shape index (κ3) is 4.27. The Morgan fingerprint density at radius 1 is 1.15 bits per heavy atom. The van der Waals surface area contributed by atoms with Crippen molar-refractivity contribution in [3.8, 4) is 5.75 Å². The molecule has 1 heterocycles. The minimum absolute atomic E-state index is 0.167. The van der Waals surface area contributed by atoms with E-state index in [0.29, 0.717) is 24.3 Å². The van der Waals surface area contributed by atoms with Gasteiger partial charge in [-0.3, -0.25) is 9.59 Å². The van der Waals surface area contributed by atoms with E-state index >= 15 is 0 Å². The van der Waals surface area contributed by atoms with Gasteiger partial charge in [0, 0.05) is 29.4 Å².